The maximum atomic E-state index is 11.7. The zero-order valence-corrected chi connectivity index (χ0v) is 9.67. The van der Waals surface area contributed by atoms with Crippen LogP contribution in [-0.2, 0) is 4.74 Å². The van der Waals surface area contributed by atoms with Gasteiger partial charge in [-0.25, -0.2) is 0 Å². The van der Waals surface area contributed by atoms with Crippen LogP contribution in [-0.4, -0.2) is 24.4 Å². The predicted molar refractivity (Wildman–Crippen MR) is 56.7 cm³/mol. The summed E-state index contributed by atoms with van der Waals surface area (Å²) in [4.78, 5) is 0.349. The van der Waals surface area contributed by atoms with Crippen molar-refractivity contribution >= 4 is 17.2 Å². The number of nitrogens with two attached hydrogens (primary N) is 1. The van der Waals surface area contributed by atoms with Gasteiger partial charge in [0.2, 0.25) is 0 Å². The van der Waals surface area contributed by atoms with E-state index in [9.17, 15) is 13.2 Å². The van der Waals surface area contributed by atoms with Crippen molar-refractivity contribution < 1.29 is 17.9 Å². The van der Waals surface area contributed by atoms with Crippen molar-refractivity contribution in [2.75, 3.05) is 13.2 Å². The minimum Gasteiger partial charge on any atom is -0.393 e. The second kappa shape index (κ2) is 5.65. The number of thiocarbonyl (C=S) groups is 1. The van der Waals surface area contributed by atoms with Gasteiger partial charge in [-0.05, 0) is 6.42 Å². The summed E-state index contributed by atoms with van der Waals surface area (Å²) in [5.41, 5.74) is 5.08. The second-order valence-electron chi connectivity index (χ2n) is 3.98. The molecule has 0 spiro atoms. The molecule has 90 valence electrons. The summed E-state index contributed by atoms with van der Waals surface area (Å²) < 4.78 is 40.0. The second-order valence-corrected chi connectivity index (χ2v) is 4.42. The van der Waals surface area contributed by atoms with Gasteiger partial charge in [-0.3, -0.25) is 0 Å². The number of halogens is 3. The van der Waals surface area contributed by atoms with Gasteiger partial charge < -0.3 is 10.5 Å². The predicted octanol–water partition coefficient (Wildman–Crippen LogP) is 2.66. The van der Waals surface area contributed by atoms with E-state index < -0.39 is 12.6 Å². The molecule has 0 rings (SSSR count). The third-order valence-corrected chi connectivity index (χ3v) is 2.62. The smallest absolute Gasteiger partial charge is 0.391 e. The average Bonchev–Trinajstić information content (AvgIpc) is 2.00. The lowest BCUT2D eigenvalue weighted by Crippen LogP contribution is -2.31. The summed E-state index contributed by atoms with van der Waals surface area (Å²) in [6.07, 6.45) is -4.54. The Bertz CT molecular complexity index is 216. The van der Waals surface area contributed by atoms with Gasteiger partial charge in [0.25, 0.3) is 0 Å². The topological polar surface area (TPSA) is 35.2 Å². The first-order valence-electron chi connectivity index (χ1n) is 4.59. The zero-order chi connectivity index (χ0) is 12.1. The number of hydrogen-bond acceptors (Lipinski definition) is 2. The number of alkyl halides is 3. The van der Waals surface area contributed by atoms with E-state index in [4.69, 9.17) is 22.7 Å². The highest BCUT2D eigenvalue weighted by Crippen LogP contribution is 2.22. The molecule has 0 unspecified atom stereocenters. The molecule has 15 heavy (non-hydrogen) atoms. The van der Waals surface area contributed by atoms with Crippen molar-refractivity contribution in [3.8, 4) is 0 Å². The molecule has 0 fully saturated rings. The van der Waals surface area contributed by atoms with Crippen molar-refractivity contribution in [1.82, 2.24) is 0 Å². The van der Waals surface area contributed by atoms with Crippen LogP contribution >= 0.6 is 12.2 Å². The standard InChI is InChI=1S/C9H16F3NOS/c1-8(2,7(13)15)3-5-14-6-4-9(10,11)12/h3-6H2,1-2H3,(H2,13,15). The average molecular weight is 243 g/mol. The Hall–Kier alpha value is -0.360. The van der Waals surface area contributed by atoms with E-state index in [1.807, 2.05) is 13.8 Å². The Morgan fingerprint density at radius 3 is 2.07 bits per heavy atom. The molecule has 0 amide bonds. The highest BCUT2D eigenvalue weighted by molar-refractivity contribution is 7.80. The molecule has 0 radical (unpaired) electrons. The zero-order valence-electron chi connectivity index (χ0n) is 8.86. The Morgan fingerprint density at radius 2 is 1.67 bits per heavy atom. The van der Waals surface area contributed by atoms with E-state index >= 15 is 0 Å². The van der Waals surface area contributed by atoms with Gasteiger partial charge in [-0.2, -0.15) is 13.2 Å². The molecule has 0 atom stereocenters. The van der Waals surface area contributed by atoms with Crippen molar-refractivity contribution in [1.29, 1.82) is 0 Å². The Balaban J connectivity index is 3.60. The Labute approximate surface area is 93.0 Å². The molecule has 0 saturated heterocycles. The number of hydrogen-bond donors (Lipinski definition) is 1. The summed E-state index contributed by atoms with van der Waals surface area (Å²) in [5.74, 6) is 0. The molecule has 2 nitrogen and oxygen atoms in total. The van der Waals surface area contributed by atoms with Crippen molar-refractivity contribution in [2.45, 2.75) is 32.9 Å². The quantitative estimate of drug-likeness (QED) is 0.575. The first kappa shape index (κ1) is 14.6. The van der Waals surface area contributed by atoms with E-state index in [1.54, 1.807) is 0 Å². The largest absolute Gasteiger partial charge is 0.393 e. The monoisotopic (exact) mass is 243 g/mol. The highest BCUT2D eigenvalue weighted by Gasteiger charge is 2.27. The van der Waals surface area contributed by atoms with Gasteiger partial charge >= 0.3 is 6.18 Å². The van der Waals surface area contributed by atoms with Crippen LogP contribution in [0.25, 0.3) is 0 Å². The number of ether oxygens (including phenoxy) is 1. The summed E-state index contributed by atoms with van der Waals surface area (Å²) in [7, 11) is 0. The molecule has 2 N–H and O–H groups in total. The van der Waals surface area contributed by atoms with Gasteiger partial charge in [-0.1, -0.05) is 26.1 Å². The fourth-order valence-corrected chi connectivity index (χ4v) is 0.843. The van der Waals surface area contributed by atoms with E-state index in [0.29, 0.717) is 11.4 Å². The molecule has 0 saturated carbocycles. The minimum atomic E-state index is -4.15. The molecule has 0 aliphatic heterocycles. The maximum Gasteiger partial charge on any atom is 0.391 e. The van der Waals surface area contributed by atoms with Gasteiger partial charge in [0, 0.05) is 12.0 Å². The molecule has 0 aromatic heterocycles. The molecule has 0 heterocycles. The maximum absolute atomic E-state index is 11.7. The molecule has 0 aromatic rings. The van der Waals surface area contributed by atoms with Gasteiger partial charge in [0.1, 0.15) is 0 Å². The summed E-state index contributed by atoms with van der Waals surface area (Å²) in [6, 6.07) is 0. The minimum absolute atomic E-state index is 0.237. The Morgan fingerprint density at radius 1 is 1.20 bits per heavy atom. The number of rotatable bonds is 6. The first-order chi connectivity index (χ1) is 6.65. The van der Waals surface area contributed by atoms with Crippen molar-refractivity contribution in [3.63, 3.8) is 0 Å². The molecule has 0 bridgehead atoms. The molecule has 0 aliphatic carbocycles. The van der Waals surface area contributed by atoms with E-state index in [2.05, 4.69) is 0 Å². The molecule has 0 aliphatic rings. The molecule has 0 aromatic carbocycles. The van der Waals surface area contributed by atoms with Crippen LogP contribution in [0.15, 0.2) is 0 Å². The van der Waals surface area contributed by atoms with Crippen LogP contribution < -0.4 is 5.73 Å². The van der Waals surface area contributed by atoms with Crippen molar-refractivity contribution in [3.05, 3.63) is 0 Å². The fraction of sp³-hybridized carbons (Fsp3) is 0.889. The fourth-order valence-electron chi connectivity index (χ4n) is 0.740. The third-order valence-electron chi connectivity index (χ3n) is 2.07. The SMILES string of the molecule is CC(C)(CCOCCC(F)(F)F)C(N)=S. The highest BCUT2D eigenvalue weighted by atomic mass is 32.1. The van der Waals surface area contributed by atoms with E-state index in [1.165, 1.54) is 0 Å². The molecular weight excluding hydrogens is 227 g/mol. The van der Waals surface area contributed by atoms with E-state index in [-0.39, 0.29) is 18.6 Å². The van der Waals surface area contributed by atoms with Crippen LogP contribution in [0.3, 0.4) is 0 Å². The van der Waals surface area contributed by atoms with Gasteiger partial charge in [0.15, 0.2) is 0 Å². The first-order valence-corrected chi connectivity index (χ1v) is 5.00. The van der Waals surface area contributed by atoms with Crippen LogP contribution in [0.4, 0.5) is 13.2 Å². The lowest BCUT2D eigenvalue weighted by molar-refractivity contribution is -0.145. The Kier molecular flexibility index (Phi) is 5.51. The van der Waals surface area contributed by atoms with Crippen molar-refractivity contribution in [2.24, 2.45) is 11.1 Å². The summed E-state index contributed by atoms with van der Waals surface area (Å²) >= 11 is 4.81. The van der Waals surface area contributed by atoms with Crippen LogP contribution in [0.1, 0.15) is 26.7 Å². The molecular formula is C9H16F3NOS. The van der Waals surface area contributed by atoms with Crippen LogP contribution in [0.5, 0.6) is 0 Å². The van der Waals surface area contributed by atoms with Crippen LogP contribution in [0, 0.1) is 5.41 Å². The van der Waals surface area contributed by atoms with Gasteiger partial charge in [0.05, 0.1) is 18.0 Å². The summed E-state index contributed by atoms with van der Waals surface area (Å²) in [6.45, 7) is 3.60. The van der Waals surface area contributed by atoms with Gasteiger partial charge in [-0.15, -0.1) is 0 Å². The van der Waals surface area contributed by atoms with E-state index in [0.717, 1.165) is 0 Å². The lowest BCUT2D eigenvalue weighted by Gasteiger charge is -2.22. The lowest BCUT2D eigenvalue weighted by atomic mass is 9.90. The normalized spacial score (nSPS) is 12.9. The molecule has 6 heteroatoms. The summed E-state index contributed by atoms with van der Waals surface area (Å²) in [5, 5.41) is 0. The van der Waals surface area contributed by atoms with Crippen LogP contribution in [0.2, 0.25) is 0 Å². The third kappa shape index (κ3) is 7.56.